The lowest BCUT2D eigenvalue weighted by atomic mass is 9.61. The first-order chi connectivity index (χ1) is 15.3. The number of aryl methyl sites for hydroxylation is 1. The maximum Gasteiger partial charge on any atom is 0.119 e. The molecule has 0 radical (unpaired) electrons. The van der Waals surface area contributed by atoms with Gasteiger partial charge in [-0.3, -0.25) is 0 Å². The number of ether oxygens (including phenoxy) is 1. The van der Waals surface area contributed by atoms with Crippen molar-refractivity contribution in [3.05, 3.63) is 41.5 Å². The molecule has 2 fully saturated rings. The van der Waals surface area contributed by atoms with Gasteiger partial charge in [-0.05, 0) is 130 Å². The largest absolute Gasteiger partial charge is 0.494 e. The van der Waals surface area contributed by atoms with Crippen LogP contribution >= 0.6 is 0 Å². The molecule has 0 amide bonds. The Labute approximate surface area is 192 Å². The van der Waals surface area contributed by atoms with Gasteiger partial charge in [0.25, 0.3) is 0 Å². The van der Waals surface area contributed by atoms with Crippen LogP contribution in [0.5, 0.6) is 5.75 Å². The summed E-state index contributed by atoms with van der Waals surface area (Å²) in [7, 11) is 0. The number of hydrogen-bond donors (Lipinski definition) is 0. The van der Waals surface area contributed by atoms with Crippen LogP contribution in [0.3, 0.4) is 0 Å². The number of hydrogen-bond acceptors (Lipinski definition) is 1. The summed E-state index contributed by atoms with van der Waals surface area (Å²) in [4.78, 5) is 0. The second kappa shape index (κ2) is 11.6. The van der Waals surface area contributed by atoms with Gasteiger partial charge in [-0.1, -0.05) is 44.4 Å². The summed E-state index contributed by atoms with van der Waals surface area (Å²) in [5.41, 5.74) is 3.19. The third kappa shape index (κ3) is 6.17. The number of allylic oxidation sites excluding steroid dienone is 2. The Morgan fingerprint density at radius 3 is 2.55 bits per heavy atom. The van der Waals surface area contributed by atoms with Crippen LogP contribution < -0.4 is 4.74 Å². The first-order valence-corrected chi connectivity index (χ1v) is 13.6. The molecule has 3 aliphatic carbocycles. The van der Waals surface area contributed by atoms with E-state index in [1.54, 1.807) is 11.1 Å². The third-order valence-electron chi connectivity index (χ3n) is 8.87. The molecule has 1 heteroatoms. The highest BCUT2D eigenvalue weighted by Crippen LogP contribution is 2.49. The highest BCUT2D eigenvalue weighted by Gasteiger charge is 2.38. The summed E-state index contributed by atoms with van der Waals surface area (Å²) in [6, 6.07) is 6.97. The van der Waals surface area contributed by atoms with Gasteiger partial charge in [-0.15, -0.1) is 0 Å². The Hall–Kier alpha value is -1.24. The van der Waals surface area contributed by atoms with E-state index in [1.807, 2.05) is 0 Å². The van der Waals surface area contributed by atoms with Gasteiger partial charge in [-0.2, -0.15) is 0 Å². The van der Waals surface area contributed by atoms with E-state index >= 15 is 0 Å². The predicted octanol–water partition coefficient (Wildman–Crippen LogP) is 8.55. The normalized spacial score (nSPS) is 30.7. The molecule has 4 rings (SSSR count). The van der Waals surface area contributed by atoms with Crippen LogP contribution in [-0.4, -0.2) is 6.61 Å². The second-order valence-electron chi connectivity index (χ2n) is 10.9. The van der Waals surface area contributed by atoms with E-state index in [0.29, 0.717) is 0 Å². The summed E-state index contributed by atoms with van der Waals surface area (Å²) >= 11 is 0. The number of fused-ring (bicyclic) bond motifs is 2. The van der Waals surface area contributed by atoms with Crippen molar-refractivity contribution in [2.45, 2.75) is 104 Å². The lowest BCUT2D eigenvalue weighted by Crippen LogP contribution is -2.35. The molecule has 1 aromatic rings. The summed E-state index contributed by atoms with van der Waals surface area (Å²) in [6.45, 7) is 5.28. The molecule has 172 valence electrons. The molecule has 2 saturated carbocycles. The van der Waals surface area contributed by atoms with Crippen molar-refractivity contribution in [1.82, 2.24) is 0 Å². The zero-order valence-electron chi connectivity index (χ0n) is 20.3. The minimum absolute atomic E-state index is 0.871. The van der Waals surface area contributed by atoms with Gasteiger partial charge in [0.15, 0.2) is 0 Å². The van der Waals surface area contributed by atoms with Crippen LogP contribution in [0, 0.1) is 29.6 Å². The molecule has 0 saturated heterocycles. The third-order valence-corrected chi connectivity index (χ3v) is 8.87. The summed E-state index contributed by atoms with van der Waals surface area (Å²) in [6.07, 6.45) is 24.1. The van der Waals surface area contributed by atoms with Gasteiger partial charge >= 0.3 is 0 Å². The molecule has 0 aliphatic heterocycles. The molecule has 0 N–H and O–H groups in total. The summed E-state index contributed by atoms with van der Waals surface area (Å²) in [5.74, 6) is 6.10. The zero-order valence-corrected chi connectivity index (χ0v) is 20.3. The van der Waals surface area contributed by atoms with Crippen molar-refractivity contribution in [1.29, 1.82) is 0 Å². The number of benzene rings is 1. The number of unbranched alkanes of at least 4 members (excludes halogenated alkanes) is 2. The Kier molecular flexibility index (Phi) is 8.56. The van der Waals surface area contributed by atoms with Gasteiger partial charge in [0.05, 0.1) is 6.61 Å². The molecule has 1 aromatic carbocycles. The van der Waals surface area contributed by atoms with Crippen LogP contribution in [-0.2, 0) is 12.8 Å². The van der Waals surface area contributed by atoms with E-state index in [4.69, 9.17) is 4.74 Å². The van der Waals surface area contributed by atoms with Crippen LogP contribution in [0.15, 0.2) is 30.4 Å². The molecule has 31 heavy (non-hydrogen) atoms. The Morgan fingerprint density at radius 2 is 1.71 bits per heavy atom. The molecule has 1 nitrogen and oxygen atoms in total. The van der Waals surface area contributed by atoms with E-state index in [2.05, 4.69) is 44.2 Å². The Balaban J connectivity index is 1.26. The van der Waals surface area contributed by atoms with Crippen molar-refractivity contribution in [2.75, 3.05) is 6.61 Å². The minimum Gasteiger partial charge on any atom is -0.494 e. The fourth-order valence-electron chi connectivity index (χ4n) is 7.01. The SMILES string of the molecule is CC=CCC[C@@H]1CC[C@@H]2CC(C3CCc4cc(OCCCCC)ccc4C3)CCC2C1. The summed E-state index contributed by atoms with van der Waals surface area (Å²) < 4.78 is 6.01. The number of rotatable bonds is 9. The molecular weight excluding hydrogens is 376 g/mol. The molecule has 3 aliphatic rings. The lowest BCUT2D eigenvalue weighted by molar-refractivity contribution is 0.0699. The first kappa shape index (κ1) is 22.9. The fourth-order valence-corrected chi connectivity index (χ4v) is 7.01. The lowest BCUT2D eigenvalue weighted by Gasteiger charge is -2.45. The molecule has 0 spiro atoms. The van der Waals surface area contributed by atoms with Crippen LogP contribution in [0.25, 0.3) is 0 Å². The van der Waals surface area contributed by atoms with Crippen LogP contribution in [0.4, 0.5) is 0 Å². The van der Waals surface area contributed by atoms with Crippen LogP contribution in [0.1, 0.15) is 102 Å². The van der Waals surface area contributed by atoms with Gasteiger partial charge in [0.1, 0.15) is 5.75 Å². The fraction of sp³-hybridized carbons (Fsp3) is 0.733. The average Bonchev–Trinajstić information content (AvgIpc) is 2.81. The average molecular weight is 423 g/mol. The highest BCUT2D eigenvalue weighted by atomic mass is 16.5. The maximum atomic E-state index is 6.01. The van der Waals surface area contributed by atoms with E-state index in [0.717, 1.165) is 41.9 Å². The van der Waals surface area contributed by atoms with Gasteiger partial charge in [0, 0.05) is 0 Å². The first-order valence-electron chi connectivity index (χ1n) is 13.6. The topological polar surface area (TPSA) is 9.23 Å². The highest BCUT2D eigenvalue weighted by molar-refractivity contribution is 5.37. The van der Waals surface area contributed by atoms with Gasteiger partial charge in [0.2, 0.25) is 0 Å². The predicted molar refractivity (Wildman–Crippen MR) is 133 cm³/mol. The second-order valence-corrected chi connectivity index (χ2v) is 10.9. The van der Waals surface area contributed by atoms with Crippen molar-refractivity contribution in [2.24, 2.45) is 29.6 Å². The molecule has 0 heterocycles. The van der Waals surface area contributed by atoms with Gasteiger partial charge in [-0.25, -0.2) is 0 Å². The maximum absolute atomic E-state index is 6.01. The van der Waals surface area contributed by atoms with Crippen molar-refractivity contribution in [3.8, 4) is 5.75 Å². The molecule has 3 unspecified atom stereocenters. The Bertz CT molecular complexity index is 704. The van der Waals surface area contributed by atoms with Crippen molar-refractivity contribution >= 4 is 0 Å². The Morgan fingerprint density at radius 1 is 0.903 bits per heavy atom. The van der Waals surface area contributed by atoms with Crippen LogP contribution in [0.2, 0.25) is 0 Å². The molecule has 5 atom stereocenters. The van der Waals surface area contributed by atoms with E-state index in [9.17, 15) is 0 Å². The van der Waals surface area contributed by atoms with Crippen molar-refractivity contribution in [3.63, 3.8) is 0 Å². The van der Waals surface area contributed by atoms with E-state index in [-0.39, 0.29) is 0 Å². The van der Waals surface area contributed by atoms with Gasteiger partial charge < -0.3 is 4.74 Å². The van der Waals surface area contributed by atoms with Crippen molar-refractivity contribution < 1.29 is 4.74 Å². The van der Waals surface area contributed by atoms with E-state index in [1.165, 1.54) is 89.9 Å². The standard InChI is InChI=1S/C30H46O/c1-3-5-7-9-23-10-11-25-20-26(13-12-24(25)19-23)27-14-15-29-22-30(17-16-28(29)21-27)31-18-8-6-4-2/h3,5,16-17,22-27H,4,6-15,18-21H2,1-2H3/t23-,24?,25-,26?,27?/m1/s1. The molecule has 0 bridgehead atoms. The molecular formula is C30H46O. The zero-order chi connectivity index (χ0) is 21.5. The summed E-state index contributed by atoms with van der Waals surface area (Å²) in [5, 5.41) is 0. The minimum atomic E-state index is 0.871. The van der Waals surface area contributed by atoms with E-state index < -0.39 is 0 Å². The monoisotopic (exact) mass is 422 g/mol. The molecule has 0 aromatic heterocycles. The quantitative estimate of drug-likeness (QED) is 0.286. The smallest absolute Gasteiger partial charge is 0.119 e.